The molecular formula is C19H14ClN3O. The van der Waals surface area contributed by atoms with Crippen LogP contribution in [0.4, 0.5) is 0 Å². The van der Waals surface area contributed by atoms with Gasteiger partial charge in [0.2, 0.25) is 0 Å². The van der Waals surface area contributed by atoms with Crippen molar-refractivity contribution in [2.24, 2.45) is 0 Å². The number of halogens is 1. The molecule has 5 heteroatoms. The molecule has 0 aliphatic heterocycles. The maximum absolute atomic E-state index is 9.28. The molecule has 0 aliphatic rings. The van der Waals surface area contributed by atoms with Crippen LogP contribution in [0, 0.1) is 0 Å². The van der Waals surface area contributed by atoms with Crippen molar-refractivity contribution in [3.63, 3.8) is 0 Å². The van der Waals surface area contributed by atoms with Crippen LogP contribution in [0.5, 0.6) is 0 Å². The van der Waals surface area contributed by atoms with Gasteiger partial charge in [0.15, 0.2) is 0 Å². The molecule has 0 bridgehead atoms. The lowest BCUT2D eigenvalue weighted by molar-refractivity contribution is 0.282. The number of imidazole rings is 1. The Morgan fingerprint density at radius 3 is 2.50 bits per heavy atom. The number of fused-ring (bicyclic) bond motifs is 1. The molecule has 4 nitrogen and oxygen atoms in total. The van der Waals surface area contributed by atoms with Crippen LogP contribution in [0.25, 0.3) is 28.2 Å². The predicted octanol–water partition coefficient (Wildman–Crippen LogP) is 4.21. The predicted molar refractivity (Wildman–Crippen MR) is 94.8 cm³/mol. The summed E-state index contributed by atoms with van der Waals surface area (Å²) in [6.45, 7) is 0.00353. The van der Waals surface area contributed by atoms with Crippen LogP contribution in [0.1, 0.15) is 5.56 Å². The standard InChI is InChI=1S/C19H14ClN3O/c20-16-4-1-14(2-5-16)18-11-23-10-15(3-6-19(23)22-18)17-9-13(12-24)7-8-21-17/h1-11,24H,12H2. The van der Waals surface area contributed by atoms with Gasteiger partial charge in [-0.25, -0.2) is 4.98 Å². The average molecular weight is 336 g/mol. The second-order valence-electron chi connectivity index (χ2n) is 5.52. The van der Waals surface area contributed by atoms with Gasteiger partial charge in [-0.05, 0) is 42.0 Å². The van der Waals surface area contributed by atoms with Gasteiger partial charge in [0.1, 0.15) is 5.65 Å². The van der Waals surface area contributed by atoms with Crippen molar-refractivity contribution in [1.82, 2.24) is 14.4 Å². The molecule has 0 saturated carbocycles. The molecule has 0 aliphatic carbocycles. The van der Waals surface area contributed by atoms with Gasteiger partial charge in [-0.15, -0.1) is 0 Å². The Kier molecular flexibility index (Phi) is 3.76. The SMILES string of the molecule is OCc1ccnc(-c2ccc3nc(-c4ccc(Cl)cc4)cn3c2)c1. The van der Waals surface area contributed by atoms with Gasteiger partial charge in [0.25, 0.3) is 0 Å². The molecule has 0 amide bonds. The first-order chi connectivity index (χ1) is 11.7. The molecule has 4 aromatic rings. The highest BCUT2D eigenvalue weighted by atomic mass is 35.5. The van der Waals surface area contributed by atoms with Gasteiger partial charge < -0.3 is 9.51 Å². The minimum Gasteiger partial charge on any atom is -0.392 e. The first kappa shape index (κ1) is 14.9. The molecule has 0 atom stereocenters. The molecule has 0 spiro atoms. The average Bonchev–Trinajstić information content (AvgIpc) is 3.05. The summed E-state index contributed by atoms with van der Waals surface area (Å²) in [6.07, 6.45) is 5.68. The van der Waals surface area contributed by atoms with Crippen LogP contribution in [0.15, 0.2) is 67.1 Å². The molecule has 0 radical (unpaired) electrons. The summed E-state index contributed by atoms with van der Waals surface area (Å²) in [5.41, 5.74) is 5.41. The molecule has 24 heavy (non-hydrogen) atoms. The summed E-state index contributed by atoms with van der Waals surface area (Å²) in [6, 6.07) is 15.3. The van der Waals surface area contributed by atoms with E-state index < -0.39 is 0 Å². The number of hydrogen-bond acceptors (Lipinski definition) is 3. The quantitative estimate of drug-likeness (QED) is 0.610. The lowest BCUT2D eigenvalue weighted by Gasteiger charge is -2.03. The normalized spacial score (nSPS) is 11.1. The number of nitrogens with zero attached hydrogens (tertiary/aromatic N) is 3. The van der Waals surface area contributed by atoms with Crippen molar-refractivity contribution in [2.75, 3.05) is 0 Å². The van der Waals surface area contributed by atoms with Gasteiger partial charge in [0.05, 0.1) is 18.0 Å². The van der Waals surface area contributed by atoms with Gasteiger partial charge in [-0.3, -0.25) is 4.98 Å². The summed E-state index contributed by atoms with van der Waals surface area (Å²) in [5, 5.41) is 9.99. The maximum atomic E-state index is 9.28. The fraction of sp³-hybridized carbons (Fsp3) is 0.0526. The van der Waals surface area contributed by atoms with Gasteiger partial charge in [0, 0.05) is 34.7 Å². The molecule has 0 saturated heterocycles. The van der Waals surface area contributed by atoms with Gasteiger partial charge in [-0.1, -0.05) is 23.7 Å². The van der Waals surface area contributed by atoms with E-state index in [0.29, 0.717) is 5.02 Å². The van der Waals surface area contributed by atoms with Gasteiger partial charge >= 0.3 is 0 Å². The minimum absolute atomic E-state index is 0.00353. The third-order valence-electron chi connectivity index (χ3n) is 3.89. The van der Waals surface area contributed by atoms with Crippen LogP contribution in [0.2, 0.25) is 5.02 Å². The van der Waals surface area contributed by atoms with Crippen LogP contribution < -0.4 is 0 Å². The molecule has 118 valence electrons. The van der Waals surface area contributed by atoms with E-state index in [1.807, 2.05) is 59.3 Å². The fourth-order valence-corrected chi connectivity index (χ4v) is 2.76. The highest BCUT2D eigenvalue weighted by Crippen LogP contribution is 2.24. The molecule has 1 N–H and O–H groups in total. The van der Waals surface area contributed by atoms with E-state index in [0.717, 1.165) is 33.7 Å². The van der Waals surface area contributed by atoms with E-state index in [-0.39, 0.29) is 6.61 Å². The van der Waals surface area contributed by atoms with Crippen LogP contribution in [-0.4, -0.2) is 19.5 Å². The third kappa shape index (κ3) is 2.77. The summed E-state index contributed by atoms with van der Waals surface area (Å²) >= 11 is 5.94. The largest absolute Gasteiger partial charge is 0.392 e. The van der Waals surface area contributed by atoms with E-state index >= 15 is 0 Å². The number of hydrogen-bond donors (Lipinski definition) is 1. The maximum Gasteiger partial charge on any atom is 0.137 e. The Balaban J connectivity index is 1.76. The molecule has 3 aromatic heterocycles. The molecule has 0 fully saturated rings. The number of pyridine rings is 2. The molecule has 1 aromatic carbocycles. The van der Waals surface area contributed by atoms with Gasteiger partial charge in [-0.2, -0.15) is 0 Å². The Bertz CT molecular complexity index is 1010. The smallest absolute Gasteiger partial charge is 0.137 e. The number of rotatable bonds is 3. The zero-order valence-electron chi connectivity index (χ0n) is 12.7. The topological polar surface area (TPSA) is 50.4 Å². The number of aliphatic hydroxyl groups is 1. The highest BCUT2D eigenvalue weighted by Gasteiger charge is 2.07. The first-order valence-electron chi connectivity index (χ1n) is 7.54. The Labute approximate surface area is 144 Å². The molecule has 3 heterocycles. The van der Waals surface area contributed by atoms with Crippen LogP contribution in [0.3, 0.4) is 0 Å². The van der Waals surface area contributed by atoms with Crippen molar-refractivity contribution in [3.05, 3.63) is 77.7 Å². The third-order valence-corrected chi connectivity index (χ3v) is 4.15. The summed E-state index contributed by atoms with van der Waals surface area (Å²) in [4.78, 5) is 9.02. The lowest BCUT2D eigenvalue weighted by Crippen LogP contribution is -1.90. The summed E-state index contributed by atoms with van der Waals surface area (Å²) in [5.74, 6) is 0. The second kappa shape index (κ2) is 6.07. The molecule has 4 rings (SSSR count). The van der Waals surface area contributed by atoms with Crippen LogP contribution in [-0.2, 0) is 6.61 Å². The first-order valence-corrected chi connectivity index (χ1v) is 7.91. The highest BCUT2D eigenvalue weighted by molar-refractivity contribution is 6.30. The van der Waals surface area contributed by atoms with E-state index in [4.69, 9.17) is 11.6 Å². The van der Waals surface area contributed by atoms with Crippen LogP contribution >= 0.6 is 11.6 Å². The monoisotopic (exact) mass is 335 g/mol. The van der Waals surface area contributed by atoms with Crippen molar-refractivity contribution in [2.45, 2.75) is 6.61 Å². The number of aromatic nitrogens is 3. The van der Waals surface area contributed by atoms with Crippen molar-refractivity contribution < 1.29 is 5.11 Å². The second-order valence-corrected chi connectivity index (χ2v) is 5.96. The van der Waals surface area contributed by atoms with E-state index in [1.165, 1.54) is 0 Å². The molecule has 0 unspecified atom stereocenters. The number of benzene rings is 1. The van der Waals surface area contributed by atoms with Crippen molar-refractivity contribution >= 4 is 17.2 Å². The Morgan fingerprint density at radius 1 is 0.917 bits per heavy atom. The number of aliphatic hydroxyl groups excluding tert-OH is 1. The van der Waals surface area contributed by atoms with E-state index in [9.17, 15) is 5.11 Å². The van der Waals surface area contributed by atoms with E-state index in [1.54, 1.807) is 12.3 Å². The van der Waals surface area contributed by atoms with Crippen molar-refractivity contribution in [3.8, 4) is 22.5 Å². The van der Waals surface area contributed by atoms with E-state index in [2.05, 4.69) is 9.97 Å². The summed E-state index contributed by atoms with van der Waals surface area (Å²) < 4.78 is 1.98. The zero-order valence-corrected chi connectivity index (χ0v) is 13.5. The Hall–Kier alpha value is -2.69. The lowest BCUT2D eigenvalue weighted by atomic mass is 10.1. The minimum atomic E-state index is 0.00353. The fourth-order valence-electron chi connectivity index (χ4n) is 2.63. The summed E-state index contributed by atoms with van der Waals surface area (Å²) in [7, 11) is 0. The zero-order chi connectivity index (χ0) is 16.5. The molecular weight excluding hydrogens is 322 g/mol. The van der Waals surface area contributed by atoms with Crippen molar-refractivity contribution in [1.29, 1.82) is 0 Å². The Morgan fingerprint density at radius 2 is 1.71 bits per heavy atom.